The van der Waals surface area contributed by atoms with Gasteiger partial charge in [-0.3, -0.25) is 9.59 Å². The summed E-state index contributed by atoms with van der Waals surface area (Å²) in [6.07, 6.45) is 0.732. The summed E-state index contributed by atoms with van der Waals surface area (Å²) in [7, 11) is 1.52. The quantitative estimate of drug-likeness (QED) is 0.877. The number of hydrogen-bond donors (Lipinski definition) is 1. The predicted molar refractivity (Wildman–Crippen MR) is 93.9 cm³/mol. The second-order valence-electron chi connectivity index (χ2n) is 5.87. The molecule has 1 N–H and O–H groups in total. The monoisotopic (exact) mass is 379 g/mol. The number of benzene rings is 1. The van der Waals surface area contributed by atoms with Crippen molar-refractivity contribution in [1.82, 2.24) is 10.1 Å². The van der Waals surface area contributed by atoms with E-state index in [-0.39, 0.29) is 12.5 Å². The number of carbonyl (C=O) groups is 2. The lowest BCUT2D eigenvalue weighted by atomic mass is 10.1. The van der Waals surface area contributed by atoms with Crippen molar-refractivity contribution in [3.63, 3.8) is 0 Å². The zero-order chi connectivity index (χ0) is 18.7. The summed E-state index contributed by atoms with van der Waals surface area (Å²) >= 11 is 6.21. The summed E-state index contributed by atoms with van der Waals surface area (Å²) in [4.78, 5) is 25.9. The first-order chi connectivity index (χ1) is 12.4. The smallest absolute Gasteiger partial charge is 0.254 e. The Labute approximate surface area is 155 Å². The molecule has 0 atom stereocenters. The molecular weight excluding hydrogens is 362 g/mol. The lowest BCUT2D eigenvalue weighted by molar-refractivity contribution is -0.116. The summed E-state index contributed by atoms with van der Waals surface area (Å²) in [6, 6.07) is 4.67. The number of nitrogens with one attached hydrogen (secondary N) is 1. The number of hydrogen-bond acceptors (Lipinski definition) is 6. The lowest BCUT2D eigenvalue weighted by Gasteiger charge is -2.18. The molecular formula is C17H18ClN3O5. The van der Waals surface area contributed by atoms with E-state index in [0.29, 0.717) is 46.9 Å². The van der Waals surface area contributed by atoms with Crippen LogP contribution in [-0.2, 0) is 4.79 Å². The van der Waals surface area contributed by atoms with Crippen LogP contribution in [-0.4, -0.2) is 48.7 Å². The Morgan fingerprint density at radius 2 is 2.04 bits per heavy atom. The normalized spacial score (nSPS) is 13.0. The molecule has 0 radical (unpaired) electrons. The average Bonchev–Trinajstić information content (AvgIpc) is 2.85. The van der Waals surface area contributed by atoms with E-state index in [1.165, 1.54) is 18.0 Å². The van der Waals surface area contributed by atoms with Gasteiger partial charge in [0.05, 0.1) is 24.8 Å². The molecule has 0 fully saturated rings. The van der Waals surface area contributed by atoms with Crippen LogP contribution in [0, 0.1) is 6.92 Å². The lowest BCUT2D eigenvalue weighted by Crippen LogP contribution is -2.35. The number of nitrogens with zero attached hydrogens (tertiary/aromatic N) is 2. The van der Waals surface area contributed by atoms with Gasteiger partial charge in [0, 0.05) is 25.1 Å². The van der Waals surface area contributed by atoms with Crippen molar-refractivity contribution in [2.45, 2.75) is 13.3 Å². The van der Waals surface area contributed by atoms with Crippen molar-refractivity contribution in [2.24, 2.45) is 0 Å². The van der Waals surface area contributed by atoms with Crippen LogP contribution in [0.15, 0.2) is 22.7 Å². The largest absolute Gasteiger partial charge is 0.489 e. The summed E-state index contributed by atoms with van der Waals surface area (Å²) < 4.78 is 16.0. The number of likely N-dealkylation sites (N-methyl/N-ethyl adjacent to an activating group) is 1. The number of halogens is 1. The molecule has 0 saturated heterocycles. The Morgan fingerprint density at radius 1 is 1.27 bits per heavy atom. The first kappa shape index (κ1) is 18.1. The van der Waals surface area contributed by atoms with Gasteiger partial charge in [0.1, 0.15) is 5.76 Å². The van der Waals surface area contributed by atoms with Crippen LogP contribution in [0.4, 0.5) is 5.82 Å². The van der Waals surface area contributed by atoms with Gasteiger partial charge in [-0.05, 0) is 19.1 Å². The molecule has 0 saturated carbocycles. The van der Waals surface area contributed by atoms with E-state index in [0.717, 1.165) is 6.42 Å². The zero-order valence-electron chi connectivity index (χ0n) is 14.4. The highest BCUT2D eigenvalue weighted by Crippen LogP contribution is 2.38. The van der Waals surface area contributed by atoms with Crippen LogP contribution in [0.3, 0.4) is 0 Å². The van der Waals surface area contributed by atoms with Crippen LogP contribution in [0.5, 0.6) is 11.5 Å². The van der Waals surface area contributed by atoms with E-state index in [1.807, 2.05) is 0 Å². The number of rotatable bonds is 4. The highest BCUT2D eigenvalue weighted by molar-refractivity contribution is 6.32. The van der Waals surface area contributed by atoms with E-state index in [4.69, 9.17) is 25.6 Å². The fourth-order valence-corrected chi connectivity index (χ4v) is 2.73. The van der Waals surface area contributed by atoms with Crippen molar-refractivity contribution in [2.75, 3.05) is 32.1 Å². The van der Waals surface area contributed by atoms with E-state index < -0.39 is 5.91 Å². The third-order valence-corrected chi connectivity index (χ3v) is 3.95. The van der Waals surface area contributed by atoms with Gasteiger partial charge in [0.25, 0.3) is 5.91 Å². The molecule has 2 heterocycles. The molecule has 3 rings (SSSR count). The Hall–Kier alpha value is -2.74. The highest BCUT2D eigenvalue weighted by Gasteiger charge is 2.21. The highest BCUT2D eigenvalue weighted by atomic mass is 35.5. The fourth-order valence-electron chi connectivity index (χ4n) is 2.47. The maximum Gasteiger partial charge on any atom is 0.254 e. The number of ether oxygens (including phenoxy) is 2. The summed E-state index contributed by atoms with van der Waals surface area (Å²) in [5.74, 6) is 0.971. The maximum atomic E-state index is 12.6. The standard InChI is InChI=1S/C17H18ClN3O5/c1-10-6-14(20-26-10)19-15(22)9-21(2)17(23)11-7-12(18)16-13(8-11)24-4-3-5-25-16/h6-8H,3-5,9H2,1-2H3,(H,19,20,22). The van der Waals surface area contributed by atoms with Gasteiger partial charge < -0.3 is 24.2 Å². The van der Waals surface area contributed by atoms with Gasteiger partial charge >= 0.3 is 0 Å². The minimum atomic E-state index is -0.394. The van der Waals surface area contributed by atoms with E-state index >= 15 is 0 Å². The molecule has 26 heavy (non-hydrogen) atoms. The van der Waals surface area contributed by atoms with Crippen molar-refractivity contribution >= 4 is 29.2 Å². The zero-order valence-corrected chi connectivity index (χ0v) is 15.1. The van der Waals surface area contributed by atoms with Gasteiger partial charge in [0.15, 0.2) is 17.3 Å². The maximum absolute atomic E-state index is 12.6. The predicted octanol–water partition coefficient (Wildman–Crippen LogP) is 2.51. The molecule has 1 aromatic carbocycles. The van der Waals surface area contributed by atoms with E-state index in [2.05, 4.69) is 10.5 Å². The SMILES string of the molecule is Cc1cc(NC(=O)CN(C)C(=O)c2cc(Cl)c3c(c2)OCCCO3)no1. The van der Waals surface area contributed by atoms with Crippen LogP contribution >= 0.6 is 11.6 Å². The van der Waals surface area contributed by atoms with E-state index in [1.54, 1.807) is 19.1 Å². The van der Waals surface area contributed by atoms with Gasteiger partial charge in [-0.1, -0.05) is 16.8 Å². The number of aromatic nitrogens is 1. The number of amides is 2. The molecule has 2 amide bonds. The Kier molecular flexibility index (Phi) is 5.32. The second kappa shape index (κ2) is 7.65. The number of anilines is 1. The second-order valence-corrected chi connectivity index (χ2v) is 6.28. The van der Waals surface area contributed by atoms with Crippen molar-refractivity contribution < 1.29 is 23.6 Å². The van der Waals surface area contributed by atoms with Crippen LogP contribution < -0.4 is 14.8 Å². The first-order valence-corrected chi connectivity index (χ1v) is 8.39. The fraction of sp³-hybridized carbons (Fsp3) is 0.353. The Balaban J connectivity index is 1.69. The molecule has 8 nitrogen and oxygen atoms in total. The number of fused-ring (bicyclic) bond motifs is 1. The molecule has 0 bridgehead atoms. The molecule has 2 aromatic rings. The van der Waals surface area contributed by atoms with Crippen molar-refractivity contribution in [3.05, 3.63) is 34.5 Å². The van der Waals surface area contributed by atoms with Gasteiger partial charge in [-0.2, -0.15) is 0 Å². The molecule has 0 spiro atoms. The van der Waals surface area contributed by atoms with Crippen molar-refractivity contribution in [1.29, 1.82) is 0 Å². The molecule has 9 heteroatoms. The first-order valence-electron chi connectivity index (χ1n) is 8.02. The molecule has 138 valence electrons. The molecule has 1 aliphatic rings. The summed E-state index contributed by atoms with van der Waals surface area (Å²) in [5.41, 5.74) is 0.312. The van der Waals surface area contributed by atoms with Crippen LogP contribution in [0.1, 0.15) is 22.5 Å². The Bertz CT molecular complexity index is 836. The minimum absolute atomic E-state index is 0.156. The Morgan fingerprint density at radius 3 is 2.77 bits per heavy atom. The van der Waals surface area contributed by atoms with Crippen LogP contribution in [0.2, 0.25) is 5.02 Å². The van der Waals surface area contributed by atoms with Gasteiger partial charge in [0.2, 0.25) is 5.91 Å². The van der Waals surface area contributed by atoms with Crippen LogP contribution in [0.25, 0.3) is 0 Å². The summed E-state index contributed by atoms with van der Waals surface area (Å²) in [6.45, 7) is 2.54. The molecule has 1 aliphatic heterocycles. The number of carbonyl (C=O) groups excluding carboxylic acids is 2. The molecule has 1 aromatic heterocycles. The third kappa shape index (κ3) is 4.08. The number of aryl methyl sites for hydroxylation is 1. The molecule has 0 aliphatic carbocycles. The average molecular weight is 380 g/mol. The van der Waals surface area contributed by atoms with Gasteiger partial charge in [-0.25, -0.2) is 0 Å². The topological polar surface area (TPSA) is 93.9 Å². The van der Waals surface area contributed by atoms with Gasteiger partial charge in [-0.15, -0.1) is 0 Å². The van der Waals surface area contributed by atoms with Crippen molar-refractivity contribution in [3.8, 4) is 11.5 Å². The third-order valence-electron chi connectivity index (χ3n) is 3.67. The van der Waals surface area contributed by atoms with E-state index in [9.17, 15) is 9.59 Å². The minimum Gasteiger partial charge on any atom is -0.489 e. The summed E-state index contributed by atoms with van der Waals surface area (Å²) in [5, 5.41) is 6.53. The molecule has 0 unspecified atom stereocenters.